The van der Waals surface area contributed by atoms with Gasteiger partial charge < -0.3 is 10.6 Å². The van der Waals surface area contributed by atoms with Gasteiger partial charge in [0.15, 0.2) is 0 Å². The number of allylic oxidation sites excluding steroid dienone is 3. The monoisotopic (exact) mass is 471 g/mol. The van der Waals surface area contributed by atoms with Gasteiger partial charge in [0.1, 0.15) is 5.84 Å². The molecule has 0 radical (unpaired) electrons. The van der Waals surface area contributed by atoms with E-state index < -0.39 is 0 Å². The van der Waals surface area contributed by atoms with Crippen molar-refractivity contribution in [3.05, 3.63) is 36.0 Å². The number of amidine groups is 1. The fraction of sp³-hybridized carbons (Fsp3) is 0.636. The zero-order valence-corrected chi connectivity index (χ0v) is 20.9. The highest BCUT2D eigenvalue weighted by Crippen LogP contribution is 2.19. The summed E-state index contributed by atoms with van der Waals surface area (Å²) in [6, 6.07) is -0.160. The molecule has 0 bridgehead atoms. The summed E-state index contributed by atoms with van der Waals surface area (Å²) in [6.07, 6.45) is 10.2. The van der Waals surface area contributed by atoms with Crippen LogP contribution in [0.15, 0.2) is 51.4 Å². The Morgan fingerprint density at radius 2 is 1.86 bits per heavy atom. The van der Waals surface area contributed by atoms with Gasteiger partial charge in [-0.05, 0) is 43.9 Å². The van der Waals surface area contributed by atoms with Crippen LogP contribution in [0.4, 0.5) is 0 Å². The van der Waals surface area contributed by atoms with E-state index in [4.69, 9.17) is 5.73 Å². The summed E-state index contributed by atoms with van der Waals surface area (Å²) in [5.74, 6) is 0.497. The first kappa shape index (κ1) is 31.9. The minimum absolute atomic E-state index is 0.150. The van der Waals surface area contributed by atoms with Gasteiger partial charge in [-0.25, -0.2) is 0 Å². The van der Waals surface area contributed by atoms with Crippen molar-refractivity contribution < 1.29 is 4.79 Å². The Morgan fingerprint density at radius 3 is 2.38 bits per heavy atom. The normalized spacial score (nSPS) is 16.0. The molecule has 7 heteroatoms. The number of carbonyl (C=O) groups is 1. The van der Waals surface area contributed by atoms with Gasteiger partial charge in [0.25, 0.3) is 0 Å². The number of likely N-dealkylation sites (tertiary alicyclic amines) is 1. The van der Waals surface area contributed by atoms with E-state index in [0.29, 0.717) is 16.7 Å². The Morgan fingerprint density at radius 1 is 1.28 bits per heavy atom. The predicted molar refractivity (Wildman–Crippen MR) is 131 cm³/mol. The quantitative estimate of drug-likeness (QED) is 0.109. The molecule has 168 valence electrons. The maximum Gasteiger partial charge on any atom is 0.223 e. The highest BCUT2D eigenvalue weighted by atomic mass is 79.9. The summed E-state index contributed by atoms with van der Waals surface area (Å²) in [5, 5.41) is 11.3. The van der Waals surface area contributed by atoms with Crippen LogP contribution in [0.25, 0.3) is 0 Å². The molecule has 0 saturated carbocycles. The van der Waals surface area contributed by atoms with Gasteiger partial charge in [-0.2, -0.15) is 0 Å². The van der Waals surface area contributed by atoms with Crippen molar-refractivity contribution in [3.63, 3.8) is 0 Å². The minimum Gasteiger partial charge on any atom is -0.384 e. The smallest absolute Gasteiger partial charge is 0.223 e. The molecule has 6 nitrogen and oxygen atoms in total. The predicted octanol–water partition coefficient (Wildman–Crippen LogP) is 6.95. The zero-order valence-electron chi connectivity index (χ0n) is 19.3. The first-order chi connectivity index (χ1) is 14.0. The highest BCUT2D eigenvalue weighted by Gasteiger charge is 2.29. The number of rotatable bonds is 7. The fourth-order valence-electron chi connectivity index (χ4n) is 2.30. The third-order valence-corrected chi connectivity index (χ3v) is 3.71. The first-order valence-electron chi connectivity index (χ1n) is 10.6. The summed E-state index contributed by atoms with van der Waals surface area (Å²) < 4.78 is 0.698. The Balaban J connectivity index is -0.000000856. The molecule has 0 aromatic carbocycles. The van der Waals surface area contributed by atoms with Gasteiger partial charge in [-0.3, -0.25) is 4.79 Å². The number of piperidine rings is 1. The lowest BCUT2D eigenvalue weighted by molar-refractivity contribution is -0.133. The number of nitrogens with two attached hydrogens (primary N) is 1. The van der Waals surface area contributed by atoms with Crippen LogP contribution in [0.1, 0.15) is 80.1 Å². The van der Waals surface area contributed by atoms with Gasteiger partial charge in [-0.1, -0.05) is 69.6 Å². The Hall–Kier alpha value is -1.76. The lowest BCUT2D eigenvalue weighted by atomic mass is 10.0. The molecule has 0 spiro atoms. The van der Waals surface area contributed by atoms with Crippen LogP contribution in [0.2, 0.25) is 0 Å². The first-order valence-corrected chi connectivity index (χ1v) is 11.4. The van der Waals surface area contributed by atoms with E-state index in [2.05, 4.69) is 51.5 Å². The number of carbonyl (C=O) groups excluding carboxylic acids is 1. The van der Waals surface area contributed by atoms with E-state index in [0.717, 1.165) is 38.6 Å². The van der Waals surface area contributed by atoms with Gasteiger partial charge in [-0.15, -0.1) is 16.8 Å². The number of hydrogen-bond donors (Lipinski definition) is 1. The Bertz CT molecular complexity index is 515. The van der Waals surface area contributed by atoms with Gasteiger partial charge in [0, 0.05) is 17.4 Å². The average molecular weight is 473 g/mol. The summed E-state index contributed by atoms with van der Waals surface area (Å²) in [7, 11) is 0. The average Bonchev–Trinajstić information content (AvgIpc) is 2.75. The van der Waals surface area contributed by atoms with Crippen molar-refractivity contribution >= 4 is 27.7 Å². The van der Waals surface area contributed by atoms with E-state index in [9.17, 15) is 4.79 Å². The number of halogens is 1. The third-order valence-electron chi connectivity index (χ3n) is 3.44. The van der Waals surface area contributed by atoms with Gasteiger partial charge >= 0.3 is 0 Å². The van der Waals surface area contributed by atoms with Crippen molar-refractivity contribution in [1.82, 2.24) is 4.90 Å². The van der Waals surface area contributed by atoms with Crippen LogP contribution in [0, 0.1) is 0 Å². The van der Waals surface area contributed by atoms with E-state index in [1.807, 2.05) is 39.5 Å². The number of unbranched alkanes of at least 4 members (excludes halogenated alkanes) is 1. The molecule has 1 atom stereocenters. The van der Waals surface area contributed by atoms with E-state index >= 15 is 0 Å². The summed E-state index contributed by atoms with van der Waals surface area (Å²) >= 11 is 3.17. The molecule has 1 aliphatic rings. The molecule has 1 rings (SSSR count). The van der Waals surface area contributed by atoms with Crippen molar-refractivity contribution in [3.8, 4) is 0 Å². The molecule has 0 aliphatic carbocycles. The zero-order chi connectivity index (χ0) is 23.1. The second kappa shape index (κ2) is 24.3. The van der Waals surface area contributed by atoms with Crippen LogP contribution in [-0.2, 0) is 4.79 Å². The van der Waals surface area contributed by atoms with Crippen LogP contribution in [0.3, 0.4) is 0 Å². The Kier molecular flexibility index (Phi) is 26.7. The van der Waals surface area contributed by atoms with Gasteiger partial charge in [0.05, 0.1) is 12.2 Å². The standard InChI is InChI=1S/C15H24BrN5O.C3H6.2C2H6/c1-3-4-8-14(22)21-11-6-5-7-13(21)15(17)19-20-18-10-9-12(2)16;1-3-2;2*1-2/h9-10,13H,2-8,11H2,1H3,(H2,17,18,19);3H,1H2,2H3;2*1-2H3/b10-9+;;;. The Labute approximate surface area is 187 Å². The van der Waals surface area contributed by atoms with Crippen molar-refractivity contribution in [2.75, 3.05) is 6.54 Å². The fourth-order valence-corrected chi connectivity index (χ4v) is 2.42. The van der Waals surface area contributed by atoms with Crippen molar-refractivity contribution in [2.45, 2.75) is 86.1 Å². The molecule has 2 N–H and O–H groups in total. The summed E-state index contributed by atoms with van der Waals surface area (Å²) in [6.45, 7) is 19.7. The van der Waals surface area contributed by atoms with Crippen LogP contribution >= 0.6 is 15.9 Å². The molecule has 29 heavy (non-hydrogen) atoms. The molecular weight excluding hydrogens is 430 g/mol. The molecule has 1 fully saturated rings. The molecular formula is C22H42BrN5O. The van der Waals surface area contributed by atoms with Gasteiger partial charge in [0.2, 0.25) is 5.91 Å². The van der Waals surface area contributed by atoms with Crippen LogP contribution in [-0.4, -0.2) is 29.2 Å². The summed E-state index contributed by atoms with van der Waals surface area (Å²) in [5.41, 5.74) is 6.00. The minimum atomic E-state index is -0.160. The van der Waals surface area contributed by atoms with E-state index in [1.54, 1.807) is 12.2 Å². The lowest BCUT2D eigenvalue weighted by Gasteiger charge is -2.35. The second-order valence-electron chi connectivity index (χ2n) is 5.60. The lowest BCUT2D eigenvalue weighted by Crippen LogP contribution is -2.50. The molecule has 1 saturated heterocycles. The molecule has 1 unspecified atom stereocenters. The molecule has 1 aliphatic heterocycles. The molecule has 0 aromatic heterocycles. The third kappa shape index (κ3) is 18.0. The largest absolute Gasteiger partial charge is 0.384 e. The topological polar surface area (TPSA) is 83.4 Å². The summed E-state index contributed by atoms with van der Waals surface area (Å²) in [4.78, 5) is 14.1. The number of amides is 1. The van der Waals surface area contributed by atoms with Crippen LogP contribution in [0.5, 0.6) is 0 Å². The second-order valence-corrected chi connectivity index (χ2v) is 6.62. The SMILES string of the molecule is C=C(Br)/C=C/N=N/N=C(\N)C1CCCCN1C(=O)CCCC.C=CC.CC.CC. The molecule has 0 aromatic rings. The maximum absolute atomic E-state index is 12.3. The van der Waals surface area contributed by atoms with Crippen molar-refractivity contribution in [2.24, 2.45) is 21.2 Å². The maximum atomic E-state index is 12.3. The number of nitrogens with zero attached hydrogens (tertiary/aromatic N) is 4. The number of hydrogen-bond acceptors (Lipinski definition) is 3. The van der Waals surface area contributed by atoms with E-state index in [1.165, 1.54) is 6.20 Å². The highest BCUT2D eigenvalue weighted by molar-refractivity contribution is 9.11. The van der Waals surface area contributed by atoms with Crippen molar-refractivity contribution in [1.29, 1.82) is 0 Å². The van der Waals surface area contributed by atoms with E-state index in [-0.39, 0.29) is 11.9 Å². The molecule has 1 heterocycles. The van der Waals surface area contributed by atoms with Crippen LogP contribution < -0.4 is 5.73 Å². The molecule has 1 amide bonds.